The van der Waals surface area contributed by atoms with Gasteiger partial charge in [-0.2, -0.15) is 0 Å². The van der Waals surface area contributed by atoms with Crippen LogP contribution in [0.3, 0.4) is 0 Å². The minimum Gasteiger partial charge on any atom is -0.481 e. The fraction of sp³-hybridized carbons (Fsp3) is 0.867. The molecule has 34 heavy (non-hydrogen) atoms. The Morgan fingerprint density at radius 2 is 1.56 bits per heavy atom. The van der Waals surface area contributed by atoms with Crippen LogP contribution in [0.5, 0.6) is 0 Å². The number of carboxylic acids is 1. The number of aliphatic carboxylic acids is 1. The first-order valence-electron chi connectivity index (χ1n) is 13.7. The summed E-state index contributed by atoms with van der Waals surface area (Å²) in [5.41, 5.74) is 0.142. The molecule has 2 N–H and O–H groups in total. The highest BCUT2D eigenvalue weighted by molar-refractivity contribution is 5.95. The smallest absolute Gasteiger partial charge is 0.309 e. The Morgan fingerprint density at radius 3 is 2.21 bits per heavy atom. The topological polar surface area (TPSA) is 74.6 Å². The first kappa shape index (κ1) is 24.5. The molecule has 5 rings (SSSR count). The Bertz CT molecular complexity index is 965. The second kappa shape index (κ2) is 6.99. The first-order valence-corrected chi connectivity index (χ1v) is 13.7. The Balaban J connectivity index is 1.62. The summed E-state index contributed by atoms with van der Waals surface area (Å²) in [6.07, 6.45) is 9.95. The van der Waals surface area contributed by atoms with Gasteiger partial charge in [0.1, 0.15) is 0 Å². The second-order valence-electron chi connectivity index (χ2n) is 14.9. The number of carboxylic acid groups (broad SMARTS) is 1. The Hall–Kier alpha value is -1.16. The summed E-state index contributed by atoms with van der Waals surface area (Å²) >= 11 is 0. The number of carbonyl (C=O) groups excluding carboxylic acids is 1. The number of hydrogen-bond donors (Lipinski definition) is 2. The van der Waals surface area contributed by atoms with E-state index < -0.39 is 11.4 Å². The normalized spacial score (nSPS) is 54.1. The molecule has 0 saturated heterocycles. The summed E-state index contributed by atoms with van der Waals surface area (Å²) in [4.78, 5) is 26.4. The van der Waals surface area contributed by atoms with Crippen LogP contribution < -0.4 is 0 Å². The lowest BCUT2D eigenvalue weighted by molar-refractivity contribution is -0.202. The van der Waals surface area contributed by atoms with Crippen LogP contribution in [-0.4, -0.2) is 28.1 Å². The van der Waals surface area contributed by atoms with Crippen molar-refractivity contribution in [1.82, 2.24) is 0 Å². The van der Waals surface area contributed by atoms with Crippen molar-refractivity contribution in [2.24, 2.45) is 50.2 Å². The molecular weight excluding hydrogens is 424 g/mol. The van der Waals surface area contributed by atoms with Gasteiger partial charge in [0.2, 0.25) is 0 Å². The van der Waals surface area contributed by atoms with E-state index in [4.69, 9.17) is 0 Å². The third-order valence-electron chi connectivity index (χ3n) is 13.1. The van der Waals surface area contributed by atoms with Gasteiger partial charge in [-0.25, -0.2) is 0 Å². The van der Waals surface area contributed by atoms with Crippen molar-refractivity contribution >= 4 is 11.8 Å². The van der Waals surface area contributed by atoms with E-state index in [9.17, 15) is 19.8 Å². The highest BCUT2D eigenvalue weighted by Crippen LogP contribution is 2.75. The lowest BCUT2D eigenvalue weighted by Gasteiger charge is -2.70. The summed E-state index contributed by atoms with van der Waals surface area (Å²) in [7, 11) is 0. The van der Waals surface area contributed by atoms with Gasteiger partial charge in [0.25, 0.3) is 0 Å². The van der Waals surface area contributed by atoms with Gasteiger partial charge in [0, 0.05) is 5.92 Å². The van der Waals surface area contributed by atoms with Crippen LogP contribution in [0, 0.1) is 50.2 Å². The standard InChI is InChI=1S/C30H46O4/c1-25(2)21-8-11-30(7)23(28(21,5)10-9-22(25)32)20(31)16-18-19-17-27(4,24(33)34)13-12-26(19,3)14-15-29(18,30)6/h16,19,21-23,32H,8-15,17H2,1-7H3,(H,33,34)/t19?,21?,22-,23?,26-,27+,28+,29-,30-/m1/s1. The van der Waals surface area contributed by atoms with Gasteiger partial charge in [-0.3, -0.25) is 9.59 Å². The van der Waals surface area contributed by atoms with Gasteiger partial charge in [0.05, 0.1) is 11.5 Å². The molecule has 0 aromatic rings. The number of hydrogen-bond acceptors (Lipinski definition) is 3. The first-order chi connectivity index (χ1) is 15.6. The summed E-state index contributed by atoms with van der Waals surface area (Å²) in [5.74, 6) is 0.0603. The Labute approximate surface area is 206 Å². The van der Waals surface area contributed by atoms with Crippen LogP contribution >= 0.6 is 0 Å². The van der Waals surface area contributed by atoms with E-state index >= 15 is 0 Å². The van der Waals surface area contributed by atoms with Gasteiger partial charge in [-0.1, -0.05) is 47.1 Å². The number of rotatable bonds is 1. The van der Waals surface area contributed by atoms with E-state index in [-0.39, 0.29) is 50.8 Å². The SMILES string of the molecule is CC1(C)C2CC[C@]3(C)C(C(=O)C=C4C5C[C@@](C)(C(=O)O)CC[C@]5(C)CC[C@]43C)[C@@]2(C)CC[C@H]1O. The molecular formula is C30H46O4. The summed E-state index contributed by atoms with van der Waals surface area (Å²) in [6.45, 7) is 15.8. The maximum Gasteiger partial charge on any atom is 0.309 e. The molecule has 0 heterocycles. The van der Waals surface area contributed by atoms with E-state index in [1.165, 1.54) is 5.57 Å². The minimum absolute atomic E-state index is 0.0296. The van der Waals surface area contributed by atoms with Crippen LogP contribution in [0.2, 0.25) is 0 Å². The molecule has 0 aromatic heterocycles. The van der Waals surface area contributed by atoms with Crippen molar-refractivity contribution in [3.8, 4) is 0 Å². The summed E-state index contributed by atoms with van der Waals surface area (Å²) < 4.78 is 0. The van der Waals surface area contributed by atoms with E-state index in [2.05, 4.69) is 41.5 Å². The molecule has 190 valence electrons. The summed E-state index contributed by atoms with van der Waals surface area (Å²) in [5, 5.41) is 20.9. The van der Waals surface area contributed by atoms with E-state index in [1.807, 2.05) is 13.0 Å². The average Bonchev–Trinajstić information content (AvgIpc) is 2.73. The fourth-order valence-corrected chi connectivity index (χ4v) is 10.4. The van der Waals surface area contributed by atoms with Gasteiger partial charge < -0.3 is 10.2 Å². The maximum absolute atomic E-state index is 14.2. The molecule has 0 aromatic carbocycles. The van der Waals surface area contributed by atoms with Crippen LogP contribution in [-0.2, 0) is 9.59 Å². The lowest BCUT2D eigenvalue weighted by atomic mass is 9.33. The number of fused-ring (bicyclic) bond motifs is 7. The lowest BCUT2D eigenvalue weighted by Crippen LogP contribution is -2.66. The predicted octanol–water partition coefficient (Wildman–Crippen LogP) is 6.41. The zero-order chi connectivity index (χ0) is 25.1. The van der Waals surface area contributed by atoms with Crippen molar-refractivity contribution in [1.29, 1.82) is 0 Å². The van der Waals surface area contributed by atoms with E-state index in [1.54, 1.807) is 0 Å². The van der Waals surface area contributed by atoms with Crippen LogP contribution in [0.1, 0.15) is 106 Å². The second-order valence-corrected chi connectivity index (χ2v) is 14.9. The van der Waals surface area contributed by atoms with Gasteiger partial charge in [-0.05, 0) is 110 Å². The number of carbonyl (C=O) groups is 2. The number of ketones is 1. The predicted molar refractivity (Wildman–Crippen MR) is 133 cm³/mol. The molecule has 0 spiro atoms. The van der Waals surface area contributed by atoms with Crippen LogP contribution in [0.15, 0.2) is 11.6 Å². The maximum atomic E-state index is 14.2. The van der Waals surface area contributed by atoms with Gasteiger partial charge in [-0.15, -0.1) is 0 Å². The van der Waals surface area contributed by atoms with Crippen molar-refractivity contribution in [3.05, 3.63) is 11.6 Å². The third-order valence-corrected chi connectivity index (χ3v) is 13.1. The fourth-order valence-electron chi connectivity index (χ4n) is 10.4. The zero-order valence-corrected chi connectivity index (χ0v) is 22.5. The molecule has 0 radical (unpaired) electrons. The number of aliphatic hydroxyl groups excluding tert-OH is 1. The molecule has 5 aliphatic carbocycles. The summed E-state index contributed by atoms with van der Waals surface area (Å²) in [6, 6.07) is 0. The van der Waals surface area contributed by atoms with Crippen molar-refractivity contribution in [2.45, 2.75) is 112 Å². The zero-order valence-electron chi connectivity index (χ0n) is 22.5. The largest absolute Gasteiger partial charge is 0.481 e. The molecule has 5 aliphatic rings. The van der Waals surface area contributed by atoms with Crippen LogP contribution in [0.25, 0.3) is 0 Å². The molecule has 0 aliphatic heterocycles. The van der Waals surface area contributed by atoms with Gasteiger partial charge in [0.15, 0.2) is 5.78 Å². The van der Waals surface area contributed by atoms with Crippen molar-refractivity contribution < 1.29 is 19.8 Å². The van der Waals surface area contributed by atoms with E-state index in [0.717, 1.165) is 51.4 Å². The minimum atomic E-state index is -0.711. The molecule has 4 nitrogen and oxygen atoms in total. The molecule has 4 fully saturated rings. The highest BCUT2D eigenvalue weighted by atomic mass is 16.4. The Kier molecular flexibility index (Phi) is 5.04. The molecule has 4 saturated carbocycles. The third kappa shape index (κ3) is 2.81. The molecule has 0 amide bonds. The number of allylic oxidation sites excluding steroid dienone is 2. The monoisotopic (exact) mass is 470 g/mol. The average molecular weight is 471 g/mol. The van der Waals surface area contributed by atoms with Crippen molar-refractivity contribution in [3.63, 3.8) is 0 Å². The molecule has 0 bridgehead atoms. The van der Waals surface area contributed by atoms with Crippen LogP contribution in [0.4, 0.5) is 0 Å². The quantitative estimate of drug-likeness (QED) is 0.464. The number of aliphatic hydroxyl groups is 1. The Morgan fingerprint density at radius 1 is 0.912 bits per heavy atom. The van der Waals surface area contributed by atoms with E-state index in [0.29, 0.717) is 12.3 Å². The highest BCUT2D eigenvalue weighted by Gasteiger charge is 2.70. The van der Waals surface area contributed by atoms with Gasteiger partial charge >= 0.3 is 5.97 Å². The molecule has 4 heteroatoms. The molecule has 3 unspecified atom stereocenters. The van der Waals surface area contributed by atoms with Crippen molar-refractivity contribution in [2.75, 3.05) is 0 Å². The molecule has 9 atom stereocenters.